The average molecular weight is 407 g/mol. The number of allylic oxidation sites excluding steroid dienone is 4. The van der Waals surface area contributed by atoms with Crippen molar-refractivity contribution in [2.75, 3.05) is 38.2 Å². The van der Waals surface area contributed by atoms with Gasteiger partial charge in [0.05, 0.1) is 11.3 Å². The molecule has 1 aliphatic carbocycles. The molecule has 0 spiro atoms. The maximum atomic E-state index is 14.3. The number of halogens is 1. The van der Waals surface area contributed by atoms with E-state index in [1.165, 1.54) is 12.1 Å². The molecule has 0 bridgehead atoms. The molecule has 3 aliphatic heterocycles. The average Bonchev–Trinajstić information content (AvgIpc) is 3.10. The number of hydrogen-bond acceptors (Lipinski definition) is 4. The van der Waals surface area contributed by atoms with Crippen LogP contribution in [-0.2, 0) is 4.79 Å². The third-order valence-electron chi connectivity index (χ3n) is 5.97. The predicted molar refractivity (Wildman–Crippen MR) is 111 cm³/mol. The van der Waals surface area contributed by atoms with E-state index in [-0.39, 0.29) is 17.6 Å². The van der Waals surface area contributed by atoms with E-state index in [0.29, 0.717) is 30.8 Å². The lowest BCUT2D eigenvalue weighted by Crippen LogP contribution is -2.52. The van der Waals surface area contributed by atoms with Crippen LogP contribution in [0.15, 0.2) is 65.1 Å². The van der Waals surface area contributed by atoms with Gasteiger partial charge in [-0.15, -0.1) is 0 Å². The highest BCUT2D eigenvalue weighted by atomic mass is 19.1. The summed E-state index contributed by atoms with van der Waals surface area (Å²) in [7, 11) is 2.03. The van der Waals surface area contributed by atoms with E-state index in [1.807, 2.05) is 30.2 Å². The van der Waals surface area contributed by atoms with Crippen molar-refractivity contribution >= 4 is 23.3 Å². The van der Waals surface area contributed by atoms with Crippen molar-refractivity contribution in [1.82, 2.24) is 14.7 Å². The van der Waals surface area contributed by atoms with Crippen molar-refractivity contribution in [2.45, 2.75) is 6.42 Å². The minimum Gasteiger partial charge on any atom is -0.322 e. The summed E-state index contributed by atoms with van der Waals surface area (Å²) < 4.78 is 14.3. The molecule has 5 rings (SSSR count). The van der Waals surface area contributed by atoms with Crippen LogP contribution >= 0.6 is 0 Å². The molecule has 0 radical (unpaired) electrons. The molecular weight excluding hydrogens is 385 g/mol. The highest BCUT2D eigenvalue weighted by Gasteiger charge is 2.44. The highest BCUT2D eigenvalue weighted by Crippen LogP contribution is 2.38. The van der Waals surface area contributed by atoms with Gasteiger partial charge in [0.2, 0.25) is 0 Å². The number of hydrazone groups is 1. The second-order valence-electron chi connectivity index (χ2n) is 7.85. The number of hydrogen-bond donors (Lipinski definition) is 0. The van der Waals surface area contributed by atoms with E-state index in [4.69, 9.17) is 0 Å². The number of benzene rings is 1. The molecule has 1 fully saturated rings. The number of nitrogens with zero attached hydrogens (tertiary/aromatic N) is 5. The third-order valence-corrected chi connectivity index (χ3v) is 5.97. The Morgan fingerprint density at radius 1 is 1.17 bits per heavy atom. The lowest BCUT2D eigenvalue weighted by Gasteiger charge is -2.39. The lowest BCUT2D eigenvalue weighted by molar-refractivity contribution is -0.114. The van der Waals surface area contributed by atoms with Crippen LogP contribution in [0.1, 0.15) is 6.42 Å². The predicted octanol–water partition coefficient (Wildman–Crippen LogP) is 2.56. The van der Waals surface area contributed by atoms with E-state index in [9.17, 15) is 14.0 Å². The smallest absolute Gasteiger partial charge is 0.322 e. The van der Waals surface area contributed by atoms with Crippen LogP contribution in [0.2, 0.25) is 0 Å². The third kappa shape index (κ3) is 2.95. The molecule has 3 amide bonds. The molecule has 0 saturated carbocycles. The monoisotopic (exact) mass is 407 g/mol. The maximum absolute atomic E-state index is 14.3. The Balaban J connectivity index is 1.52. The number of rotatable bonds is 1. The summed E-state index contributed by atoms with van der Waals surface area (Å²) in [4.78, 5) is 32.0. The van der Waals surface area contributed by atoms with Crippen molar-refractivity contribution in [3.05, 3.63) is 65.8 Å². The van der Waals surface area contributed by atoms with Crippen molar-refractivity contribution in [3.63, 3.8) is 0 Å². The van der Waals surface area contributed by atoms with Crippen molar-refractivity contribution in [2.24, 2.45) is 11.0 Å². The van der Waals surface area contributed by atoms with Gasteiger partial charge < -0.3 is 9.80 Å². The van der Waals surface area contributed by atoms with Crippen LogP contribution in [0.5, 0.6) is 0 Å². The fourth-order valence-electron chi connectivity index (χ4n) is 4.23. The number of para-hydroxylation sites is 1. The topological polar surface area (TPSA) is 59.5 Å². The van der Waals surface area contributed by atoms with Crippen molar-refractivity contribution in [1.29, 1.82) is 0 Å². The first-order valence-corrected chi connectivity index (χ1v) is 10.1. The van der Waals surface area contributed by atoms with Gasteiger partial charge in [-0.05, 0) is 31.7 Å². The molecule has 1 aromatic rings. The molecule has 1 unspecified atom stereocenters. The van der Waals surface area contributed by atoms with Crippen LogP contribution < -0.4 is 5.01 Å². The molecule has 0 aromatic heterocycles. The summed E-state index contributed by atoms with van der Waals surface area (Å²) >= 11 is 0. The summed E-state index contributed by atoms with van der Waals surface area (Å²) in [5, 5.41) is 5.59. The molecule has 7 nitrogen and oxygen atoms in total. The van der Waals surface area contributed by atoms with E-state index >= 15 is 0 Å². The Bertz CT molecular complexity index is 1040. The number of likely N-dealkylation sites (N-methyl/N-ethyl adjacent to an activating group) is 1. The van der Waals surface area contributed by atoms with E-state index < -0.39 is 11.7 Å². The number of anilines is 1. The SMILES string of the molecule is CN1CCN(C(=O)N2C=C3C(=O)N(c4ccccc4F)N=C3C3CC=CC=C32)CC1. The summed E-state index contributed by atoms with van der Waals surface area (Å²) in [6.07, 6.45) is 8.01. The number of fused-ring (bicyclic) bond motifs is 3. The van der Waals surface area contributed by atoms with Gasteiger partial charge in [-0.1, -0.05) is 24.3 Å². The summed E-state index contributed by atoms with van der Waals surface area (Å²) in [5.41, 5.74) is 1.84. The number of amides is 3. The first kappa shape index (κ1) is 18.7. The Morgan fingerprint density at radius 2 is 1.93 bits per heavy atom. The zero-order chi connectivity index (χ0) is 20.8. The van der Waals surface area contributed by atoms with Crippen LogP contribution in [0.3, 0.4) is 0 Å². The minimum absolute atomic E-state index is 0.110. The van der Waals surface area contributed by atoms with Gasteiger partial charge in [0.15, 0.2) is 0 Å². The first-order valence-electron chi connectivity index (χ1n) is 10.1. The van der Waals surface area contributed by atoms with Gasteiger partial charge in [-0.25, -0.2) is 9.18 Å². The largest absolute Gasteiger partial charge is 0.328 e. The normalized spacial score (nSPS) is 23.7. The molecule has 1 aromatic carbocycles. The first-order chi connectivity index (χ1) is 14.5. The Labute approximate surface area is 174 Å². The van der Waals surface area contributed by atoms with Crippen LogP contribution in [0, 0.1) is 11.7 Å². The highest BCUT2D eigenvalue weighted by molar-refractivity contribution is 6.32. The molecular formula is C22H22FN5O2. The summed E-state index contributed by atoms with van der Waals surface area (Å²) in [6, 6.07) is 5.93. The van der Waals surface area contributed by atoms with E-state index in [1.54, 1.807) is 23.2 Å². The number of urea groups is 1. The molecule has 30 heavy (non-hydrogen) atoms. The van der Waals surface area contributed by atoms with Gasteiger partial charge in [-0.2, -0.15) is 10.1 Å². The second-order valence-corrected chi connectivity index (χ2v) is 7.85. The van der Waals surface area contributed by atoms with Crippen LogP contribution in [0.4, 0.5) is 14.9 Å². The van der Waals surface area contributed by atoms with Gasteiger partial charge in [0.1, 0.15) is 11.5 Å². The van der Waals surface area contributed by atoms with Crippen molar-refractivity contribution < 1.29 is 14.0 Å². The maximum Gasteiger partial charge on any atom is 0.328 e. The quantitative estimate of drug-likeness (QED) is 0.719. The fraction of sp³-hybridized carbons (Fsp3) is 0.318. The molecule has 1 saturated heterocycles. The Hall–Kier alpha value is -3.26. The van der Waals surface area contributed by atoms with Crippen LogP contribution in [-0.4, -0.2) is 65.6 Å². The molecule has 1 atom stereocenters. The molecule has 154 valence electrons. The lowest BCUT2D eigenvalue weighted by atomic mass is 9.85. The zero-order valence-electron chi connectivity index (χ0n) is 16.7. The van der Waals surface area contributed by atoms with Gasteiger partial charge in [-0.3, -0.25) is 9.69 Å². The fourth-order valence-corrected chi connectivity index (χ4v) is 4.23. The zero-order valence-corrected chi connectivity index (χ0v) is 16.7. The number of piperazine rings is 1. The van der Waals surface area contributed by atoms with Crippen molar-refractivity contribution in [3.8, 4) is 0 Å². The Morgan fingerprint density at radius 3 is 2.70 bits per heavy atom. The van der Waals surface area contributed by atoms with E-state index in [2.05, 4.69) is 10.0 Å². The number of carbonyl (C=O) groups excluding carboxylic acids is 2. The molecule has 8 heteroatoms. The molecule has 0 N–H and O–H groups in total. The van der Waals surface area contributed by atoms with Crippen LogP contribution in [0.25, 0.3) is 0 Å². The summed E-state index contributed by atoms with van der Waals surface area (Å²) in [6.45, 7) is 2.90. The molecule has 4 aliphatic rings. The second kappa shape index (κ2) is 7.21. The number of carbonyl (C=O) groups is 2. The van der Waals surface area contributed by atoms with Gasteiger partial charge in [0, 0.05) is 44.0 Å². The Kier molecular flexibility index (Phi) is 4.51. The standard InChI is InChI=1S/C22H22FN5O2/c1-25-10-12-26(13-11-25)22(30)27-14-16-20(15-6-2-4-8-18(15)27)24-28(21(16)29)19-9-5-3-7-17(19)23/h2-5,7-9,14-15H,6,10-13H2,1H3. The minimum atomic E-state index is -0.515. The molecule has 3 heterocycles. The van der Waals surface area contributed by atoms with E-state index in [0.717, 1.165) is 23.8 Å². The summed E-state index contributed by atoms with van der Waals surface area (Å²) in [5.74, 6) is -1.15. The van der Waals surface area contributed by atoms with Gasteiger partial charge in [0.25, 0.3) is 5.91 Å². The van der Waals surface area contributed by atoms with Gasteiger partial charge >= 0.3 is 6.03 Å².